The van der Waals surface area contributed by atoms with Gasteiger partial charge in [-0.2, -0.15) is 0 Å². The summed E-state index contributed by atoms with van der Waals surface area (Å²) in [6.07, 6.45) is 0. The lowest BCUT2D eigenvalue weighted by molar-refractivity contribution is -0.156. The number of halogens is 1. The van der Waals surface area contributed by atoms with Gasteiger partial charge in [0.25, 0.3) is 0 Å². The van der Waals surface area contributed by atoms with Crippen molar-refractivity contribution in [2.24, 2.45) is 5.73 Å². The Bertz CT molecular complexity index is 464. The third-order valence-corrected chi connectivity index (χ3v) is 3.12. The molecule has 19 heavy (non-hydrogen) atoms. The van der Waals surface area contributed by atoms with Crippen LogP contribution < -0.4 is 5.73 Å². The summed E-state index contributed by atoms with van der Waals surface area (Å²) < 4.78 is 6.26. The number of ether oxygens (including phenoxy) is 1. The van der Waals surface area contributed by atoms with Crippen LogP contribution in [0, 0.1) is 9.64 Å². The van der Waals surface area contributed by atoms with Crippen molar-refractivity contribution in [3.8, 4) is 0 Å². The van der Waals surface area contributed by atoms with Crippen LogP contribution in [0.5, 0.6) is 0 Å². The van der Waals surface area contributed by atoms with E-state index in [1.807, 2.05) is 26.8 Å². The molecule has 0 saturated heterocycles. The standard InChI is InChI=1S/C15H21INO2/c1-9(2)10-6-11(8-12(16)7-10)13(17)14(18)19-15(3,4)5/h6-7,9,13H,17H2,1-5H3. The number of rotatable bonds is 3. The van der Waals surface area contributed by atoms with Crippen molar-refractivity contribution in [2.75, 3.05) is 0 Å². The number of benzene rings is 1. The van der Waals surface area contributed by atoms with Crippen LogP contribution in [0.2, 0.25) is 0 Å². The first-order chi connectivity index (χ1) is 8.60. The lowest BCUT2D eigenvalue weighted by Gasteiger charge is -2.22. The summed E-state index contributed by atoms with van der Waals surface area (Å²) in [6.45, 7) is 9.70. The van der Waals surface area contributed by atoms with Crippen LogP contribution in [-0.2, 0) is 9.53 Å². The van der Waals surface area contributed by atoms with Gasteiger partial charge in [0, 0.05) is 9.64 Å². The molecule has 1 rings (SSSR count). The second kappa shape index (κ2) is 6.22. The van der Waals surface area contributed by atoms with Gasteiger partial charge in [-0.15, -0.1) is 0 Å². The minimum atomic E-state index is -0.786. The maximum absolute atomic E-state index is 12.0. The smallest absolute Gasteiger partial charge is 0.328 e. The number of hydrogen-bond donors (Lipinski definition) is 1. The molecule has 0 spiro atoms. The SMILES string of the molecule is CC(C)c1cc(I)[c]c(C(N)C(=O)OC(C)(C)C)c1. The van der Waals surface area contributed by atoms with Crippen molar-refractivity contribution in [3.05, 3.63) is 32.9 Å². The average Bonchev–Trinajstić information content (AvgIpc) is 2.24. The fraction of sp³-hybridized carbons (Fsp3) is 0.533. The van der Waals surface area contributed by atoms with E-state index in [2.05, 4.69) is 48.6 Å². The first-order valence-corrected chi connectivity index (χ1v) is 7.39. The molecule has 105 valence electrons. The highest BCUT2D eigenvalue weighted by atomic mass is 127. The second-order valence-electron chi connectivity index (χ2n) is 5.88. The molecule has 1 unspecified atom stereocenters. The van der Waals surface area contributed by atoms with Gasteiger partial charge in [0.2, 0.25) is 0 Å². The van der Waals surface area contributed by atoms with Gasteiger partial charge in [-0.25, -0.2) is 4.79 Å². The third kappa shape index (κ3) is 5.10. The molecule has 0 aliphatic rings. The number of carbonyl (C=O) groups excluding carboxylic acids is 1. The van der Waals surface area contributed by atoms with Gasteiger partial charge < -0.3 is 10.5 Å². The van der Waals surface area contributed by atoms with Crippen LogP contribution in [-0.4, -0.2) is 11.6 Å². The number of nitrogens with two attached hydrogens (primary N) is 1. The van der Waals surface area contributed by atoms with E-state index in [9.17, 15) is 4.79 Å². The quantitative estimate of drug-likeness (QED) is 0.650. The minimum absolute atomic E-state index is 0.382. The Morgan fingerprint density at radius 2 is 1.95 bits per heavy atom. The normalized spacial score (nSPS) is 13.5. The van der Waals surface area contributed by atoms with Crippen molar-refractivity contribution in [1.29, 1.82) is 0 Å². The lowest BCUT2D eigenvalue weighted by atomic mass is 9.98. The largest absolute Gasteiger partial charge is 0.459 e. The first kappa shape index (κ1) is 16.4. The summed E-state index contributed by atoms with van der Waals surface area (Å²) in [5, 5.41) is 0. The summed E-state index contributed by atoms with van der Waals surface area (Å²) in [5.41, 5.74) is 7.28. The molecule has 1 aromatic rings. The molecule has 0 amide bonds. The molecule has 2 N–H and O–H groups in total. The molecule has 0 aliphatic carbocycles. The number of esters is 1. The zero-order valence-corrected chi connectivity index (χ0v) is 14.2. The Balaban J connectivity index is 2.99. The fourth-order valence-electron chi connectivity index (χ4n) is 1.57. The highest BCUT2D eigenvalue weighted by molar-refractivity contribution is 14.1. The van der Waals surface area contributed by atoms with Crippen LogP contribution in [0.1, 0.15) is 57.7 Å². The molecule has 0 aliphatic heterocycles. The van der Waals surface area contributed by atoms with E-state index in [4.69, 9.17) is 10.5 Å². The molecule has 3 nitrogen and oxygen atoms in total. The Morgan fingerprint density at radius 1 is 1.37 bits per heavy atom. The van der Waals surface area contributed by atoms with E-state index in [0.29, 0.717) is 11.5 Å². The van der Waals surface area contributed by atoms with Crippen molar-refractivity contribution in [1.82, 2.24) is 0 Å². The Kier molecular flexibility index (Phi) is 5.38. The maximum Gasteiger partial charge on any atom is 0.328 e. The van der Waals surface area contributed by atoms with E-state index >= 15 is 0 Å². The van der Waals surface area contributed by atoms with Gasteiger partial charge >= 0.3 is 5.97 Å². The number of hydrogen-bond acceptors (Lipinski definition) is 3. The Morgan fingerprint density at radius 3 is 2.42 bits per heavy atom. The van der Waals surface area contributed by atoms with Gasteiger partial charge in [-0.1, -0.05) is 19.9 Å². The molecule has 0 saturated carbocycles. The van der Waals surface area contributed by atoms with Gasteiger partial charge in [-0.3, -0.25) is 0 Å². The monoisotopic (exact) mass is 374 g/mol. The first-order valence-electron chi connectivity index (χ1n) is 6.31. The van der Waals surface area contributed by atoms with Crippen molar-refractivity contribution >= 4 is 28.6 Å². The molecule has 0 bridgehead atoms. The summed E-state index contributed by atoms with van der Waals surface area (Å²) >= 11 is 2.19. The third-order valence-electron chi connectivity index (χ3n) is 2.54. The molecule has 0 heterocycles. The van der Waals surface area contributed by atoms with Crippen LogP contribution in [0.15, 0.2) is 12.1 Å². The van der Waals surface area contributed by atoms with Gasteiger partial charge in [0.05, 0.1) is 0 Å². The summed E-state index contributed by atoms with van der Waals surface area (Å²) in [4.78, 5) is 12.0. The zero-order chi connectivity index (χ0) is 14.8. The molecule has 0 aromatic heterocycles. The predicted octanol–water partition coefficient (Wildman–Crippen LogP) is 3.56. The van der Waals surface area contributed by atoms with E-state index < -0.39 is 17.6 Å². The van der Waals surface area contributed by atoms with Crippen LogP contribution in [0.3, 0.4) is 0 Å². The lowest BCUT2D eigenvalue weighted by Crippen LogP contribution is -2.31. The Hall–Kier alpha value is -0.620. The van der Waals surface area contributed by atoms with Gasteiger partial charge in [-0.05, 0) is 66.5 Å². The molecule has 1 aromatic carbocycles. The molecule has 1 radical (unpaired) electrons. The highest BCUT2D eigenvalue weighted by Crippen LogP contribution is 2.23. The summed E-state index contributed by atoms with van der Waals surface area (Å²) in [5.74, 6) is -0.0341. The van der Waals surface area contributed by atoms with E-state index in [1.54, 1.807) is 0 Å². The van der Waals surface area contributed by atoms with Gasteiger partial charge in [0.15, 0.2) is 0 Å². The van der Waals surface area contributed by atoms with E-state index in [-0.39, 0.29) is 0 Å². The molecular weight excluding hydrogens is 353 g/mol. The van der Waals surface area contributed by atoms with Crippen molar-refractivity contribution in [3.63, 3.8) is 0 Å². The second-order valence-corrected chi connectivity index (χ2v) is 7.04. The predicted molar refractivity (Wildman–Crippen MR) is 84.9 cm³/mol. The summed E-state index contributed by atoms with van der Waals surface area (Å²) in [7, 11) is 0. The van der Waals surface area contributed by atoms with Crippen LogP contribution >= 0.6 is 22.6 Å². The van der Waals surface area contributed by atoms with E-state index in [1.165, 1.54) is 0 Å². The topological polar surface area (TPSA) is 52.3 Å². The van der Waals surface area contributed by atoms with Crippen molar-refractivity contribution in [2.45, 2.75) is 52.2 Å². The summed E-state index contributed by atoms with van der Waals surface area (Å²) in [6, 6.07) is 6.33. The van der Waals surface area contributed by atoms with Crippen molar-refractivity contribution < 1.29 is 9.53 Å². The Labute approximate surface area is 129 Å². The molecule has 1 atom stereocenters. The number of carbonyl (C=O) groups is 1. The van der Waals surface area contributed by atoms with E-state index in [0.717, 1.165) is 9.13 Å². The minimum Gasteiger partial charge on any atom is -0.459 e. The highest BCUT2D eigenvalue weighted by Gasteiger charge is 2.24. The fourth-order valence-corrected chi connectivity index (χ4v) is 2.24. The maximum atomic E-state index is 12.0. The zero-order valence-electron chi connectivity index (χ0n) is 12.1. The van der Waals surface area contributed by atoms with Crippen LogP contribution in [0.4, 0.5) is 0 Å². The molecule has 4 heteroatoms. The molecular formula is C15H21INO2. The molecule has 0 fully saturated rings. The average molecular weight is 374 g/mol. The van der Waals surface area contributed by atoms with Crippen LogP contribution in [0.25, 0.3) is 0 Å². The van der Waals surface area contributed by atoms with Gasteiger partial charge in [0.1, 0.15) is 11.6 Å².